The summed E-state index contributed by atoms with van der Waals surface area (Å²) < 4.78 is 58.3. The molecule has 17 heteroatoms. The second-order valence-corrected chi connectivity index (χ2v) is 13.1. The van der Waals surface area contributed by atoms with E-state index >= 15 is 0 Å². The van der Waals surface area contributed by atoms with Gasteiger partial charge in [-0.1, -0.05) is 54.6 Å². The first-order valence-electron chi connectivity index (χ1n) is 18.1. The zero-order valence-electron chi connectivity index (χ0n) is 32.1. The minimum absolute atomic E-state index is 0.0608. The molecule has 3 aromatic carbocycles. The molecule has 5 rings (SSSR count). The second kappa shape index (κ2) is 19.8. The average Bonchev–Trinajstić information content (AvgIpc) is 3.19. The highest BCUT2D eigenvalue weighted by Crippen LogP contribution is 2.36. The quantitative estimate of drug-likeness (QED) is 0.179. The molecule has 308 valence electrons. The fourth-order valence-corrected chi connectivity index (χ4v) is 6.23. The van der Waals surface area contributed by atoms with E-state index < -0.39 is 110 Å². The molecule has 0 bridgehead atoms. The smallest absolute Gasteiger partial charge is 0.338 e. The van der Waals surface area contributed by atoms with Crippen LogP contribution >= 0.6 is 0 Å². The number of ether oxygens (including phenoxy) is 10. The van der Waals surface area contributed by atoms with Crippen molar-refractivity contribution in [1.29, 1.82) is 0 Å². The van der Waals surface area contributed by atoms with Crippen LogP contribution in [0.3, 0.4) is 0 Å². The van der Waals surface area contributed by atoms with Gasteiger partial charge in [-0.2, -0.15) is 0 Å². The maximum absolute atomic E-state index is 13.8. The molecule has 0 N–H and O–H groups in total. The van der Waals surface area contributed by atoms with Crippen LogP contribution in [0.2, 0.25) is 0 Å². The molecular weight excluding hydrogens is 764 g/mol. The third-order valence-corrected chi connectivity index (χ3v) is 8.70. The molecule has 0 spiro atoms. The molecule has 58 heavy (non-hydrogen) atoms. The molecule has 10 atom stereocenters. The third-order valence-electron chi connectivity index (χ3n) is 8.70. The predicted octanol–water partition coefficient (Wildman–Crippen LogP) is 3.51. The first-order valence-corrected chi connectivity index (χ1v) is 18.1. The third kappa shape index (κ3) is 11.2. The van der Waals surface area contributed by atoms with Crippen LogP contribution in [-0.2, 0) is 66.5 Å². The maximum Gasteiger partial charge on any atom is 0.338 e. The van der Waals surface area contributed by atoms with Crippen molar-refractivity contribution in [2.45, 2.75) is 96.0 Å². The van der Waals surface area contributed by atoms with Crippen molar-refractivity contribution in [2.75, 3.05) is 6.61 Å². The molecule has 3 aromatic rings. The first-order chi connectivity index (χ1) is 27.7. The molecule has 0 radical (unpaired) electrons. The second-order valence-electron chi connectivity index (χ2n) is 13.1. The molecule has 0 aliphatic carbocycles. The van der Waals surface area contributed by atoms with Crippen molar-refractivity contribution in [3.8, 4) is 0 Å². The van der Waals surface area contributed by atoms with Crippen LogP contribution in [0.1, 0.15) is 65.7 Å². The lowest BCUT2D eigenvalue weighted by Gasteiger charge is -2.48. The summed E-state index contributed by atoms with van der Waals surface area (Å²) in [6.07, 6.45) is -16.0. The lowest BCUT2D eigenvalue weighted by atomic mass is 9.96. The highest BCUT2D eigenvalue weighted by Gasteiger charge is 2.57. The summed E-state index contributed by atoms with van der Waals surface area (Å²) in [6.45, 7) is 5.21. The Kier molecular flexibility index (Phi) is 14.7. The zero-order valence-corrected chi connectivity index (χ0v) is 32.1. The molecule has 0 saturated carbocycles. The fraction of sp³-hybridized carbons (Fsp3) is 0.390. The molecule has 2 heterocycles. The fourth-order valence-electron chi connectivity index (χ4n) is 6.23. The summed E-state index contributed by atoms with van der Waals surface area (Å²) in [4.78, 5) is 90.3. The van der Waals surface area contributed by atoms with E-state index in [1.807, 2.05) is 0 Å². The maximum atomic E-state index is 13.8. The van der Waals surface area contributed by atoms with Crippen molar-refractivity contribution < 1.29 is 80.9 Å². The van der Waals surface area contributed by atoms with E-state index in [4.69, 9.17) is 47.4 Å². The molecule has 0 aromatic heterocycles. The first kappa shape index (κ1) is 43.0. The van der Waals surface area contributed by atoms with E-state index in [9.17, 15) is 33.6 Å². The van der Waals surface area contributed by atoms with E-state index in [1.165, 1.54) is 43.3 Å². The molecule has 2 aliphatic rings. The highest BCUT2D eigenvalue weighted by atomic mass is 16.8. The van der Waals surface area contributed by atoms with Crippen molar-refractivity contribution >= 4 is 41.8 Å². The van der Waals surface area contributed by atoms with Crippen molar-refractivity contribution in [3.05, 3.63) is 108 Å². The number of carbonyl (C=O) groups excluding carboxylic acids is 7. The summed E-state index contributed by atoms with van der Waals surface area (Å²) in [5.74, 6) is -6.08. The number of hydrogen-bond acceptors (Lipinski definition) is 17. The SMILES string of the molecule is CC(=O)OC[C@H]1O[C@H](OC(C)=O)[C@H](O[C@@H]2O[C@@H](C)[C@@H](OC(=O)c3ccccc3)[C@@H](OC(=O)c3ccccc3)[C@@H]2OC(=O)c2ccccc2)[C@@H](OC(C)=O)[C@H]1OC(C)=O. The Bertz CT molecular complexity index is 1920. The van der Waals surface area contributed by atoms with Crippen molar-refractivity contribution in [3.63, 3.8) is 0 Å². The number of esters is 7. The van der Waals surface area contributed by atoms with Crippen molar-refractivity contribution in [2.24, 2.45) is 0 Å². The van der Waals surface area contributed by atoms with Gasteiger partial charge in [0, 0.05) is 27.7 Å². The number of hydrogen-bond donors (Lipinski definition) is 0. The Morgan fingerprint density at radius 2 is 0.862 bits per heavy atom. The normalized spacial score (nSPS) is 26.5. The zero-order chi connectivity index (χ0) is 41.9. The summed E-state index contributed by atoms with van der Waals surface area (Å²) in [6, 6.07) is 23.5. The molecule has 2 aliphatic heterocycles. The lowest BCUT2D eigenvalue weighted by Crippen LogP contribution is -2.66. The Morgan fingerprint density at radius 3 is 1.31 bits per heavy atom. The lowest BCUT2D eigenvalue weighted by molar-refractivity contribution is -0.358. The van der Waals surface area contributed by atoms with Gasteiger partial charge in [-0.15, -0.1) is 0 Å². The minimum Gasteiger partial charge on any atom is -0.463 e. The van der Waals surface area contributed by atoms with Gasteiger partial charge < -0.3 is 47.4 Å². The number of rotatable bonds is 13. The Balaban J connectivity index is 1.61. The van der Waals surface area contributed by atoms with E-state index in [1.54, 1.807) is 54.6 Å². The topological polar surface area (TPSA) is 212 Å². The molecule has 2 saturated heterocycles. The molecule has 17 nitrogen and oxygen atoms in total. The van der Waals surface area contributed by atoms with Gasteiger partial charge in [-0.25, -0.2) is 14.4 Å². The molecule has 2 fully saturated rings. The van der Waals surface area contributed by atoms with Gasteiger partial charge in [0.2, 0.25) is 6.29 Å². The van der Waals surface area contributed by atoms with Crippen LogP contribution in [0.4, 0.5) is 0 Å². The summed E-state index contributed by atoms with van der Waals surface area (Å²) in [5.41, 5.74) is 0.297. The molecule has 0 amide bonds. The van der Waals surface area contributed by atoms with Crippen LogP contribution < -0.4 is 0 Å². The molecule has 0 unspecified atom stereocenters. The van der Waals surface area contributed by atoms with Gasteiger partial charge in [0.1, 0.15) is 12.7 Å². The number of benzene rings is 3. The van der Waals surface area contributed by atoms with E-state index in [-0.39, 0.29) is 16.7 Å². The van der Waals surface area contributed by atoms with Crippen LogP contribution in [0.5, 0.6) is 0 Å². The van der Waals surface area contributed by atoms with Gasteiger partial charge in [0.05, 0.1) is 22.8 Å². The van der Waals surface area contributed by atoms with Gasteiger partial charge >= 0.3 is 41.8 Å². The van der Waals surface area contributed by atoms with Crippen molar-refractivity contribution in [1.82, 2.24) is 0 Å². The summed E-state index contributed by atoms with van der Waals surface area (Å²) in [5, 5.41) is 0. The number of carbonyl (C=O) groups is 7. The Labute approximate surface area is 332 Å². The average molecular weight is 807 g/mol. The standard InChI is InChI=1S/C41H42O17/c1-22-31(55-37(46)27-15-9-6-10-16-27)33(56-38(47)28-17-11-7-12-18-28)35(57-39(48)29-19-13-8-14-20-29)40(50-22)58-36-34(52-25(4)44)32(51-24(3)43)30(21-49-23(2)42)54-41(36)53-26(5)45/h6-20,22,30-36,40-41H,21H2,1-5H3/t22-,30+,31+,32-,33+,34-,35-,36+,40-,41-/m0/s1. The molecular formula is C41H42O17. The van der Waals surface area contributed by atoms with Crippen LogP contribution in [0.15, 0.2) is 91.0 Å². The van der Waals surface area contributed by atoms with Gasteiger partial charge in [0.25, 0.3) is 0 Å². The van der Waals surface area contributed by atoms with E-state index in [0.29, 0.717) is 0 Å². The van der Waals surface area contributed by atoms with Gasteiger partial charge in [0.15, 0.2) is 42.9 Å². The monoisotopic (exact) mass is 806 g/mol. The minimum atomic E-state index is -1.81. The largest absolute Gasteiger partial charge is 0.463 e. The van der Waals surface area contributed by atoms with Crippen LogP contribution in [-0.4, -0.2) is 110 Å². The summed E-state index contributed by atoms with van der Waals surface area (Å²) in [7, 11) is 0. The Morgan fingerprint density at radius 1 is 0.448 bits per heavy atom. The highest BCUT2D eigenvalue weighted by molar-refractivity contribution is 5.91. The Hall–Kier alpha value is -6.17. The van der Waals surface area contributed by atoms with Crippen LogP contribution in [0.25, 0.3) is 0 Å². The van der Waals surface area contributed by atoms with E-state index in [2.05, 4.69) is 0 Å². The predicted molar refractivity (Wildman–Crippen MR) is 194 cm³/mol. The van der Waals surface area contributed by atoms with E-state index in [0.717, 1.165) is 27.7 Å². The summed E-state index contributed by atoms with van der Waals surface area (Å²) >= 11 is 0. The van der Waals surface area contributed by atoms with Gasteiger partial charge in [-0.05, 0) is 43.3 Å². The van der Waals surface area contributed by atoms with Gasteiger partial charge in [-0.3, -0.25) is 19.2 Å². The van der Waals surface area contributed by atoms with Crippen LogP contribution in [0, 0.1) is 0 Å².